The second-order valence-electron chi connectivity index (χ2n) is 3.67. The van der Waals surface area contributed by atoms with Crippen molar-refractivity contribution >= 4 is 0 Å². The van der Waals surface area contributed by atoms with Gasteiger partial charge in [0.15, 0.2) is 0 Å². The lowest BCUT2D eigenvalue weighted by molar-refractivity contribution is 0.468. The first-order valence-electron chi connectivity index (χ1n) is 7.63. The SMILES string of the molecule is CC.CC.NCc1ccccc1O.NCc1ccccc1O. The van der Waals surface area contributed by atoms with Crippen LogP contribution >= 0.6 is 0 Å². The highest BCUT2D eigenvalue weighted by atomic mass is 16.3. The molecule has 0 bridgehead atoms. The van der Waals surface area contributed by atoms with Crippen LogP contribution in [0.5, 0.6) is 11.5 Å². The van der Waals surface area contributed by atoms with Crippen LogP contribution in [0.2, 0.25) is 0 Å². The van der Waals surface area contributed by atoms with Crippen LogP contribution in [0.1, 0.15) is 38.8 Å². The Morgan fingerprint density at radius 3 is 1.09 bits per heavy atom. The fourth-order valence-corrected chi connectivity index (χ4v) is 1.37. The molecule has 2 aromatic rings. The van der Waals surface area contributed by atoms with Gasteiger partial charge in [-0.05, 0) is 12.1 Å². The first-order valence-corrected chi connectivity index (χ1v) is 7.63. The zero-order valence-electron chi connectivity index (χ0n) is 14.1. The van der Waals surface area contributed by atoms with Gasteiger partial charge in [-0.15, -0.1) is 0 Å². The second kappa shape index (κ2) is 15.4. The van der Waals surface area contributed by atoms with Crippen LogP contribution in [-0.2, 0) is 13.1 Å². The predicted molar refractivity (Wildman–Crippen MR) is 94.7 cm³/mol. The summed E-state index contributed by atoms with van der Waals surface area (Å²) in [6, 6.07) is 14.1. The van der Waals surface area contributed by atoms with Crippen LogP contribution in [0.25, 0.3) is 0 Å². The van der Waals surface area contributed by atoms with Crippen LogP contribution in [0.15, 0.2) is 48.5 Å². The summed E-state index contributed by atoms with van der Waals surface area (Å²) in [5, 5.41) is 18.1. The molecule has 0 radical (unpaired) electrons. The first-order chi connectivity index (χ1) is 10.7. The van der Waals surface area contributed by atoms with Gasteiger partial charge in [0.1, 0.15) is 11.5 Å². The largest absolute Gasteiger partial charge is 0.508 e. The maximum Gasteiger partial charge on any atom is 0.120 e. The van der Waals surface area contributed by atoms with Gasteiger partial charge >= 0.3 is 0 Å². The number of phenols is 2. The Morgan fingerprint density at radius 1 is 0.636 bits per heavy atom. The lowest BCUT2D eigenvalue weighted by atomic mass is 10.2. The molecule has 0 aliphatic rings. The molecule has 0 aromatic heterocycles. The zero-order chi connectivity index (χ0) is 17.4. The summed E-state index contributed by atoms with van der Waals surface area (Å²) in [5.41, 5.74) is 12.2. The molecule has 0 saturated heterocycles. The first kappa shape index (κ1) is 22.2. The summed E-state index contributed by atoms with van der Waals surface area (Å²) in [6.45, 7) is 8.79. The minimum atomic E-state index is 0.278. The van der Waals surface area contributed by atoms with Crippen molar-refractivity contribution < 1.29 is 10.2 Å². The Hall–Kier alpha value is -2.04. The van der Waals surface area contributed by atoms with E-state index in [1.165, 1.54) is 0 Å². The second-order valence-corrected chi connectivity index (χ2v) is 3.67. The van der Waals surface area contributed by atoms with Gasteiger partial charge in [0, 0.05) is 24.2 Å². The normalized spacial score (nSPS) is 8.27. The molecular formula is C18H30N2O2. The number of hydrogen-bond donors (Lipinski definition) is 4. The molecule has 0 spiro atoms. The number of hydrogen-bond acceptors (Lipinski definition) is 4. The Morgan fingerprint density at radius 2 is 0.909 bits per heavy atom. The number of nitrogens with two attached hydrogens (primary N) is 2. The number of phenolic OH excluding ortho intramolecular Hbond substituents is 2. The molecule has 4 heteroatoms. The molecule has 0 amide bonds. The van der Waals surface area contributed by atoms with Gasteiger partial charge in [0.25, 0.3) is 0 Å². The standard InChI is InChI=1S/2C7H9NO.2C2H6/c2*8-5-6-3-1-2-4-7(6)9;2*1-2/h2*1-4,9H,5,8H2;2*1-2H3. The quantitative estimate of drug-likeness (QED) is 0.680. The average molecular weight is 306 g/mol. The maximum atomic E-state index is 9.03. The van der Waals surface area contributed by atoms with E-state index in [1.54, 1.807) is 36.4 Å². The third kappa shape index (κ3) is 9.00. The van der Waals surface area contributed by atoms with Gasteiger partial charge < -0.3 is 21.7 Å². The molecular weight excluding hydrogens is 276 g/mol. The van der Waals surface area contributed by atoms with Crippen molar-refractivity contribution in [3.05, 3.63) is 59.7 Å². The molecule has 6 N–H and O–H groups in total. The van der Waals surface area contributed by atoms with E-state index in [1.807, 2.05) is 39.8 Å². The van der Waals surface area contributed by atoms with Gasteiger partial charge in [0.2, 0.25) is 0 Å². The zero-order valence-corrected chi connectivity index (χ0v) is 14.1. The molecule has 0 heterocycles. The van der Waals surface area contributed by atoms with Crippen LogP contribution < -0.4 is 11.5 Å². The Bertz CT molecular complexity index is 443. The Kier molecular flexibility index (Phi) is 15.5. The van der Waals surface area contributed by atoms with Crippen molar-refractivity contribution in [2.75, 3.05) is 0 Å². The third-order valence-electron chi connectivity index (χ3n) is 2.42. The van der Waals surface area contributed by atoms with E-state index >= 15 is 0 Å². The van der Waals surface area contributed by atoms with Gasteiger partial charge in [0.05, 0.1) is 0 Å². The number of para-hydroxylation sites is 2. The van der Waals surface area contributed by atoms with Gasteiger partial charge in [-0.25, -0.2) is 0 Å². The highest BCUT2D eigenvalue weighted by Gasteiger charge is 1.93. The molecule has 4 nitrogen and oxygen atoms in total. The van der Waals surface area contributed by atoms with Crippen molar-refractivity contribution in [1.29, 1.82) is 0 Å². The van der Waals surface area contributed by atoms with Gasteiger partial charge in [-0.3, -0.25) is 0 Å². The summed E-state index contributed by atoms with van der Waals surface area (Å²) in [4.78, 5) is 0. The van der Waals surface area contributed by atoms with E-state index < -0.39 is 0 Å². The van der Waals surface area contributed by atoms with E-state index in [4.69, 9.17) is 21.7 Å². The average Bonchev–Trinajstić information content (AvgIpc) is 2.60. The fourth-order valence-electron chi connectivity index (χ4n) is 1.37. The van der Waals surface area contributed by atoms with E-state index in [0.29, 0.717) is 13.1 Å². The smallest absolute Gasteiger partial charge is 0.120 e. The molecule has 124 valence electrons. The topological polar surface area (TPSA) is 92.5 Å². The minimum Gasteiger partial charge on any atom is -0.508 e. The summed E-state index contributed by atoms with van der Waals surface area (Å²) < 4.78 is 0. The van der Waals surface area contributed by atoms with Crippen LogP contribution in [-0.4, -0.2) is 10.2 Å². The number of aromatic hydroxyl groups is 2. The lowest BCUT2D eigenvalue weighted by Gasteiger charge is -1.97. The van der Waals surface area contributed by atoms with Crippen molar-refractivity contribution in [2.24, 2.45) is 11.5 Å². The number of benzene rings is 2. The van der Waals surface area contributed by atoms with Gasteiger partial charge in [-0.2, -0.15) is 0 Å². The molecule has 0 aliphatic carbocycles. The molecule has 2 aromatic carbocycles. The molecule has 0 fully saturated rings. The highest BCUT2D eigenvalue weighted by molar-refractivity contribution is 5.31. The summed E-state index contributed by atoms with van der Waals surface area (Å²) in [5.74, 6) is 0.556. The molecule has 0 unspecified atom stereocenters. The van der Waals surface area contributed by atoms with E-state index in [2.05, 4.69) is 0 Å². The monoisotopic (exact) mass is 306 g/mol. The number of rotatable bonds is 2. The molecule has 22 heavy (non-hydrogen) atoms. The van der Waals surface area contributed by atoms with Crippen molar-refractivity contribution in [3.8, 4) is 11.5 Å². The maximum absolute atomic E-state index is 9.03. The van der Waals surface area contributed by atoms with Crippen molar-refractivity contribution in [2.45, 2.75) is 40.8 Å². The summed E-state index contributed by atoms with van der Waals surface area (Å²) in [6.07, 6.45) is 0. The molecule has 0 atom stereocenters. The Labute approximate surface area is 134 Å². The van der Waals surface area contributed by atoms with Gasteiger partial charge in [-0.1, -0.05) is 64.1 Å². The molecule has 0 aliphatic heterocycles. The minimum absolute atomic E-state index is 0.278. The predicted octanol–water partition coefficient (Wildman–Crippen LogP) is 3.75. The van der Waals surface area contributed by atoms with E-state index in [0.717, 1.165) is 11.1 Å². The summed E-state index contributed by atoms with van der Waals surface area (Å²) >= 11 is 0. The van der Waals surface area contributed by atoms with E-state index in [9.17, 15) is 0 Å². The fraction of sp³-hybridized carbons (Fsp3) is 0.333. The third-order valence-corrected chi connectivity index (χ3v) is 2.42. The summed E-state index contributed by atoms with van der Waals surface area (Å²) in [7, 11) is 0. The highest BCUT2D eigenvalue weighted by Crippen LogP contribution is 2.14. The van der Waals surface area contributed by atoms with E-state index in [-0.39, 0.29) is 11.5 Å². The van der Waals surface area contributed by atoms with Crippen molar-refractivity contribution in [1.82, 2.24) is 0 Å². The molecule has 0 saturated carbocycles. The van der Waals surface area contributed by atoms with Crippen LogP contribution in [0.3, 0.4) is 0 Å². The van der Waals surface area contributed by atoms with Crippen molar-refractivity contribution in [3.63, 3.8) is 0 Å². The molecule has 2 rings (SSSR count). The van der Waals surface area contributed by atoms with Crippen LogP contribution in [0.4, 0.5) is 0 Å². The Balaban J connectivity index is 0. The lowest BCUT2D eigenvalue weighted by Crippen LogP contribution is -1.95. The van der Waals surface area contributed by atoms with Crippen LogP contribution in [0, 0.1) is 0 Å².